The summed E-state index contributed by atoms with van der Waals surface area (Å²) in [5.41, 5.74) is 3.45. The number of aryl methyl sites for hydroxylation is 3. The molecule has 0 aliphatic carbocycles. The molecule has 0 unspecified atom stereocenters. The van der Waals surface area contributed by atoms with Crippen molar-refractivity contribution in [2.24, 2.45) is 0 Å². The Labute approximate surface area is 199 Å². The summed E-state index contributed by atoms with van der Waals surface area (Å²) in [4.78, 5) is 19.2. The Morgan fingerprint density at radius 1 is 1.12 bits per heavy atom. The van der Waals surface area contributed by atoms with Crippen molar-refractivity contribution in [3.8, 4) is 17.2 Å². The minimum atomic E-state index is -0.107. The van der Waals surface area contributed by atoms with Gasteiger partial charge < -0.3 is 14.4 Å². The van der Waals surface area contributed by atoms with Crippen LogP contribution in [0.1, 0.15) is 36.8 Å². The zero-order valence-electron chi connectivity index (χ0n) is 19.6. The summed E-state index contributed by atoms with van der Waals surface area (Å²) in [5, 5.41) is 0.622. The van der Waals surface area contributed by atoms with E-state index in [4.69, 9.17) is 21.1 Å². The largest absolute Gasteiger partial charge is 0.493 e. The van der Waals surface area contributed by atoms with Gasteiger partial charge in [0.1, 0.15) is 11.9 Å². The average Bonchev–Trinajstić information content (AvgIpc) is 2.79. The van der Waals surface area contributed by atoms with Crippen molar-refractivity contribution in [1.29, 1.82) is 0 Å². The van der Waals surface area contributed by atoms with Gasteiger partial charge in [-0.15, -0.1) is 0 Å². The Kier molecular flexibility index (Phi) is 6.94. The third-order valence-electron chi connectivity index (χ3n) is 6.13. The fraction of sp³-hybridized carbons (Fsp3) is 0.385. The van der Waals surface area contributed by atoms with E-state index >= 15 is 0 Å². The number of anilines is 1. The van der Waals surface area contributed by atoms with Crippen molar-refractivity contribution in [2.75, 3.05) is 25.1 Å². The van der Waals surface area contributed by atoms with Gasteiger partial charge in [-0.25, -0.2) is 4.98 Å². The molecule has 0 amide bonds. The molecular formula is C26H30ClN3O3. The Balaban J connectivity index is 1.48. The molecule has 0 N–H and O–H groups in total. The van der Waals surface area contributed by atoms with Crippen LogP contribution in [0.5, 0.6) is 11.5 Å². The summed E-state index contributed by atoms with van der Waals surface area (Å²) >= 11 is 6.67. The lowest BCUT2D eigenvalue weighted by molar-refractivity contribution is 0.163. The summed E-state index contributed by atoms with van der Waals surface area (Å²) in [6.07, 6.45) is 2.80. The summed E-state index contributed by atoms with van der Waals surface area (Å²) in [7, 11) is 1.68. The van der Waals surface area contributed by atoms with Crippen LogP contribution in [0.25, 0.3) is 5.69 Å². The number of rotatable bonds is 6. The van der Waals surface area contributed by atoms with Gasteiger partial charge in [-0.3, -0.25) is 9.36 Å². The first-order chi connectivity index (χ1) is 15.9. The highest BCUT2D eigenvalue weighted by atomic mass is 35.5. The predicted molar refractivity (Wildman–Crippen MR) is 133 cm³/mol. The lowest BCUT2D eigenvalue weighted by Gasteiger charge is -2.34. The standard InChI is InChI=1S/C26H30ClN3O3/c1-5-19-7-6-8-24(32-4)26(19)33-21-11-13-29(14-12-21)23-10-9-20(16-22(23)27)30-18(3)28-17(2)15-25(30)31/h6-10,15-16,21H,5,11-14H2,1-4H3. The number of para-hydroxylation sites is 1. The van der Waals surface area contributed by atoms with E-state index in [2.05, 4.69) is 22.9 Å². The molecule has 4 rings (SSSR count). The molecule has 2 aromatic carbocycles. The van der Waals surface area contributed by atoms with Gasteiger partial charge in [0, 0.05) is 37.7 Å². The quantitative estimate of drug-likeness (QED) is 0.503. The number of hydrogen-bond acceptors (Lipinski definition) is 5. The number of ether oxygens (including phenoxy) is 2. The van der Waals surface area contributed by atoms with Gasteiger partial charge in [0.15, 0.2) is 11.5 Å². The first-order valence-electron chi connectivity index (χ1n) is 11.4. The Morgan fingerprint density at radius 2 is 1.88 bits per heavy atom. The van der Waals surface area contributed by atoms with Gasteiger partial charge in [0.25, 0.3) is 5.56 Å². The van der Waals surface area contributed by atoms with E-state index in [0.29, 0.717) is 16.5 Å². The lowest BCUT2D eigenvalue weighted by Crippen LogP contribution is -2.38. The normalized spacial score (nSPS) is 14.4. The van der Waals surface area contributed by atoms with Crippen molar-refractivity contribution in [2.45, 2.75) is 46.1 Å². The zero-order chi connectivity index (χ0) is 23.5. The number of piperidine rings is 1. The van der Waals surface area contributed by atoms with E-state index in [0.717, 1.165) is 60.8 Å². The fourth-order valence-corrected chi connectivity index (χ4v) is 4.76. The number of nitrogens with zero attached hydrogens (tertiary/aromatic N) is 3. The number of hydrogen-bond donors (Lipinski definition) is 0. The maximum atomic E-state index is 12.5. The Hall–Kier alpha value is -2.99. The van der Waals surface area contributed by atoms with E-state index in [1.54, 1.807) is 11.7 Å². The Morgan fingerprint density at radius 3 is 2.52 bits per heavy atom. The van der Waals surface area contributed by atoms with Crippen molar-refractivity contribution in [3.05, 3.63) is 74.9 Å². The van der Waals surface area contributed by atoms with E-state index < -0.39 is 0 Å². The summed E-state index contributed by atoms with van der Waals surface area (Å²) in [6.45, 7) is 7.45. The molecule has 1 aromatic heterocycles. The van der Waals surface area contributed by atoms with Crippen LogP contribution >= 0.6 is 11.6 Å². The zero-order valence-corrected chi connectivity index (χ0v) is 20.4. The molecule has 2 heterocycles. The van der Waals surface area contributed by atoms with Gasteiger partial charge in [-0.2, -0.15) is 0 Å². The molecule has 0 atom stereocenters. The summed E-state index contributed by atoms with van der Waals surface area (Å²) in [6, 6.07) is 13.3. The van der Waals surface area contributed by atoms with Crippen LogP contribution in [0, 0.1) is 13.8 Å². The SMILES string of the molecule is CCc1cccc(OC)c1OC1CCN(c2ccc(-n3c(C)nc(C)cc3=O)cc2Cl)CC1. The van der Waals surface area contributed by atoms with Crippen LogP contribution in [0.15, 0.2) is 47.3 Å². The molecule has 1 fully saturated rings. The highest BCUT2D eigenvalue weighted by Crippen LogP contribution is 2.35. The summed E-state index contributed by atoms with van der Waals surface area (Å²) < 4.78 is 13.5. The van der Waals surface area contributed by atoms with Gasteiger partial charge in [0.2, 0.25) is 0 Å². The van der Waals surface area contributed by atoms with E-state index in [9.17, 15) is 4.79 Å². The molecule has 0 radical (unpaired) electrons. The van der Waals surface area contributed by atoms with Crippen LogP contribution in [0.3, 0.4) is 0 Å². The highest BCUT2D eigenvalue weighted by Gasteiger charge is 2.24. The second-order valence-corrected chi connectivity index (χ2v) is 8.77. The van der Waals surface area contributed by atoms with Crippen molar-refractivity contribution in [3.63, 3.8) is 0 Å². The second-order valence-electron chi connectivity index (χ2n) is 8.36. The monoisotopic (exact) mass is 467 g/mol. The van der Waals surface area contributed by atoms with Crippen LogP contribution in [-0.2, 0) is 6.42 Å². The van der Waals surface area contributed by atoms with Gasteiger partial charge in [-0.05, 0) is 50.1 Å². The molecule has 174 valence electrons. The van der Waals surface area contributed by atoms with Crippen LogP contribution in [-0.4, -0.2) is 35.9 Å². The maximum Gasteiger partial charge on any atom is 0.258 e. The molecule has 7 heteroatoms. The number of aromatic nitrogens is 2. The van der Waals surface area contributed by atoms with Gasteiger partial charge in [-0.1, -0.05) is 30.7 Å². The lowest BCUT2D eigenvalue weighted by atomic mass is 10.1. The van der Waals surface area contributed by atoms with E-state index in [-0.39, 0.29) is 11.7 Å². The molecule has 6 nitrogen and oxygen atoms in total. The first kappa shape index (κ1) is 23.2. The predicted octanol–water partition coefficient (Wildman–Crippen LogP) is 5.12. The molecule has 33 heavy (non-hydrogen) atoms. The van der Waals surface area contributed by atoms with Crippen LogP contribution in [0.4, 0.5) is 5.69 Å². The van der Waals surface area contributed by atoms with Crippen molar-refractivity contribution >= 4 is 17.3 Å². The third kappa shape index (κ3) is 4.86. The minimum absolute atomic E-state index is 0.107. The molecule has 1 aliphatic rings. The molecule has 1 aliphatic heterocycles. The minimum Gasteiger partial charge on any atom is -0.493 e. The maximum absolute atomic E-state index is 12.5. The van der Waals surface area contributed by atoms with Crippen molar-refractivity contribution < 1.29 is 9.47 Å². The molecule has 3 aromatic rings. The van der Waals surface area contributed by atoms with Gasteiger partial charge >= 0.3 is 0 Å². The fourth-order valence-electron chi connectivity index (χ4n) is 4.46. The van der Waals surface area contributed by atoms with Crippen molar-refractivity contribution in [1.82, 2.24) is 9.55 Å². The molecule has 0 bridgehead atoms. The summed E-state index contributed by atoms with van der Waals surface area (Å²) in [5.74, 6) is 2.28. The highest BCUT2D eigenvalue weighted by molar-refractivity contribution is 6.33. The van der Waals surface area contributed by atoms with E-state index in [1.165, 1.54) is 6.07 Å². The Bertz CT molecular complexity index is 1180. The van der Waals surface area contributed by atoms with Crippen LogP contribution in [0.2, 0.25) is 5.02 Å². The smallest absolute Gasteiger partial charge is 0.258 e. The second kappa shape index (κ2) is 9.87. The molecular weight excluding hydrogens is 438 g/mol. The number of halogens is 1. The molecule has 1 saturated heterocycles. The van der Waals surface area contributed by atoms with Gasteiger partial charge in [0.05, 0.1) is 23.5 Å². The first-order valence-corrected chi connectivity index (χ1v) is 11.7. The third-order valence-corrected chi connectivity index (χ3v) is 6.44. The average molecular weight is 468 g/mol. The topological polar surface area (TPSA) is 56.6 Å². The molecule has 0 saturated carbocycles. The number of methoxy groups -OCH3 is 1. The number of benzene rings is 2. The van der Waals surface area contributed by atoms with Crippen LogP contribution < -0.4 is 19.9 Å². The molecule has 0 spiro atoms. The van der Waals surface area contributed by atoms with E-state index in [1.807, 2.05) is 44.2 Å².